The number of para-hydroxylation sites is 1. The summed E-state index contributed by atoms with van der Waals surface area (Å²) >= 11 is 0. The molecule has 0 radical (unpaired) electrons. The highest BCUT2D eigenvalue weighted by Gasteiger charge is 2.07. The maximum absolute atomic E-state index is 10.4. The molecule has 3 N–H and O–H groups in total. The first-order chi connectivity index (χ1) is 9.08. The molecule has 19 heavy (non-hydrogen) atoms. The summed E-state index contributed by atoms with van der Waals surface area (Å²) in [6.45, 7) is 0. The number of phenols is 2. The van der Waals surface area contributed by atoms with Gasteiger partial charge in [0.25, 0.3) is 0 Å². The lowest BCUT2D eigenvalue weighted by Gasteiger charge is -2.06. The van der Waals surface area contributed by atoms with Crippen LogP contribution in [-0.4, -0.2) is 21.3 Å². The van der Waals surface area contributed by atoms with Crippen molar-refractivity contribution in [3.05, 3.63) is 54.1 Å². The van der Waals surface area contributed by atoms with Gasteiger partial charge in [-0.15, -0.1) is 0 Å². The first-order valence-electron chi connectivity index (χ1n) is 5.60. The molecule has 2 rings (SSSR count). The van der Waals surface area contributed by atoms with Crippen molar-refractivity contribution in [1.29, 1.82) is 0 Å². The second-order valence-electron chi connectivity index (χ2n) is 3.97. The fraction of sp³-hybridized carbons (Fsp3) is 0. The number of benzene rings is 2. The number of carboxylic acid groups (broad SMARTS) is 1. The molecule has 2 aromatic carbocycles. The molecule has 0 fully saturated rings. The van der Waals surface area contributed by atoms with Crippen LogP contribution in [0, 0.1) is 0 Å². The van der Waals surface area contributed by atoms with Crippen molar-refractivity contribution in [2.24, 2.45) is 0 Å². The number of rotatable bonds is 3. The molecular weight excluding hydrogens is 244 g/mol. The molecule has 2 aromatic rings. The Labute approximate surface area is 109 Å². The summed E-state index contributed by atoms with van der Waals surface area (Å²) in [5.74, 6) is -1.35. The van der Waals surface area contributed by atoms with E-state index < -0.39 is 5.97 Å². The van der Waals surface area contributed by atoms with Crippen molar-refractivity contribution < 1.29 is 20.1 Å². The van der Waals surface area contributed by atoms with E-state index in [2.05, 4.69) is 0 Å². The highest BCUT2D eigenvalue weighted by atomic mass is 16.4. The predicted molar refractivity (Wildman–Crippen MR) is 71.9 cm³/mol. The average molecular weight is 256 g/mol. The third kappa shape index (κ3) is 2.93. The Kier molecular flexibility index (Phi) is 3.52. The number of carboxylic acids is 1. The lowest BCUT2D eigenvalue weighted by Crippen LogP contribution is -1.85. The fourth-order valence-corrected chi connectivity index (χ4v) is 1.71. The van der Waals surface area contributed by atoms with E-state index >= 15 is 0 Å². The lowest BCUT2D eigenvalue weighted by atomic mass is 10.0. The van der Waals surface area contributed by atoms with Gasteiger partial charge in [0.15, 0.2) is 11.5 Å². The van der Waals surface area contributed by atoms with Crippen LogP contribution in [0.15, 0.2) is 48.5 Å². The number of aliphatic carboxylic acids is 1. The van der Waals surface area contributed by atoms with Gasteiger partial charge in [-0.05, 0) is 23.3 Å². The quantitative estimate of drug-likeness (QED) is 0.583. The summed E-state index contributed by atoms with van der Waals surface area (Å²) in [5.41, 5.74) is 2.00. The molecule has 0 amide bonds. The van der Waals surface area contributed by atoms with E-state index in [0.29, 0.717) is 5.56 Å². The molecule has 0 unspecified atom stereocenters. The van der Waals surface area contributed by atoms with Crippen LogP contribution in [0.2, 0.25) is 0 Å². The standard InChI is InChI=1S/C15H12O4/c16-13-3-1-2-12(15(13)19)11-7-4-10(5-8-11)6-9-14(17)18/h1-9,16,19H,(H,17,18). The Morgan fingerprint density at radius 1 is 1.00 bits per heavy atom. The van der Waals surface area contributed by atoms with Crippen LogP contribution < -0.4 is 0 Å². The predicted octanol–water partition coefficient (Wildman–Crippen LogP) is 2.86. The van der Waals surface area contributed by atoms with Crippen LogP contribution in [-0.2, 0) is 4.79 Å². The summed E-state index contributed by atoms with van der Waals surface area (Å²) in [4.78, 5) is 10.4. The first-order valence-corrected chi connectivity index (χ1v) is 5.60. The van der Waals surface area contributed by atoms with E-state index in [-0.39, 0.29) is 11.5 Å². The summed E-state index contributed by atoms with van der Waals surface area (Å²) in [6, 6.07) is 11.7. The Morgan fingerprint density at radius 3 is 2.32 bits per heavy atom. The van der Waals surface area contributed by atoms with Gasteiger partial charge in [-0.2, -0.15) is 0 Å². The molecule has 0 aliphatic rings. The summed E-state index contributed by atoms with van der Waals surface area (Å²) in [6.07, 6.45) is 2.54. The largest absolute Gasteiger partial charge is 0.504 e. The average Bonchev–Trinajstić information content (AvgIpc) is 2.40. The van der Waals surface area contributed by atoms with E-state index in [1.165, 1.54) is 12.1 Å². The van der Waals surface area contributed by atoms with Crippen molar-refractivity contribution in [2.45, 2.75) is 0 Å². The highest BCUT2D eigenvalue weighted by Crippen LogP contribution is 2.35. The van der Waals surface area contributed by atoms with Crippen LogP contribution in [0.1, 0.15) is 5.56 Å². The van der Waals surface area contributed by atoms with E-state index in [4.69, 9.17) is 5.11 Å². The SMILES string of the molecule is O=C(O)C=Cc1ccc(-c2cccc(O)c2O)cc1. The van der Waals surface area contributed by atoms with Crippen LogP contribution in [0.3, 0.4) is 0 Å². The zero-order valence-corrected chi connectivity index (χ0v) is 9.95. The van der Waals surface area contributed by atoms with Crippen LogP contribution >= 0.6 is 0 Å². The highest BCUT2D eigenvalue weighted by molar-refractivity contribution is 5.85. The van der Waals surface area contributed by atoms with Crippen LogP contribution in [0.25, 0.3) is 17.2 Å². The number of hydrogen-bond donors (Lipinski definition) is 3. The van der Waals surface area contributed by atoms with Gasteiger partial charge in [0.1, 0.15) is 0 Å². The molecule has 96 valence electrons. The van der Waals surface area contributed by atoms with Gasteiger partial charge in [-0.25, -0.2) is 4.79 Å². The third-order valence-corrected chi connectivity index (χ3v) is 2.65. The van der Waals surface area contributed by atoms with Crippen molar-refractivity contribution >= 4 is 12.0 Å². The molecule has 0 aliphatic carbocycles. The Hall–Kier alpha value is -2.75. The third-order valence-electron chi connectivity index (χ3n) is 2.65. The van der Waals surface area contributed by atoms with E-state index in [9.17, 15) is 15.0 Å². The molecule has 4 nitrogen and oxygen atoms in total. The van der Waals surface area contributed by atoms with E-state index in [0.717, 1.165) is 17.2 Å². The van der Waals surface area contributed by atoms with Crippen LogP contribution in [0.4, 0.5) is 0 Å². The van der Waals surface area contributed by atoms with E-state index in [1.807, 2.05) is 0 Å². The molecule has 0 saturated carbocycles. The summed E-state index contributed by atoms with van der Waals surface area (Å²) in [5, 5.41) is 27.7. The van der Waals surface area contributed by atoms with Crippen molar-refractivity contribution in [2.75, 3.05) is 0 Å². The number of hydrogen-bond acceptors (Lipinski definition) is 3. The van der Waals surface area contributed by atoms with Crippen molar-refractivity contribution in [3.8, 4) is 22.6 Å². The van der Waals surface area contributed by atoms with Crippen LogP contribution in [0.5, 0.6) is 11.5 Å². The van der Waals surface area contributed by atoms with Gasteiger partial charge in [-0.3, -0.25) is 0 Å². The Morgan fingerprint density at radius 2 is 1.68 bits per heavy atom. The van der Waals surface area contributed by atoms with Gasteiger partial charge in [0.05, 0.1) is 0 Å². The molecule has 0 saturated heterocycles. The number of aromatic hydroxyl groups is 2. The molecule has 0 heterocycles. The molecular formula is C15H12O4. The Bertz CT molecular complexity index is 627. The minimum Gasteiger partial charge on any atom is -0.504 e. The minimum atomic E-state index is -1.00. The molecule has 0 aliphatic heterocycles. The summed E-state index contributed by atoms with van der Waals surface area (Å²) < 4.78 is 0. The lowest BCUT2D eigenvalue weighted by molar-refractivity contribution is -0.131. The Balaban J connectivity index is 2.32. The second-order valence-corrected chi connectivity index (χ2v) is 3.97. The van der Waals surface area contributed by atoms with E-state index in [1.54, 1.807) is 36.4 Å². The number of carbonyl (C=O) groups is 1. The summed E-state index contributed by atoms with van der Waals surface area (Å²) in [7, 11) is 0. The zero-order chi connectivity index (χ0) is 13.8. The van der Waals surface area contributed by atoms with Gasteiger partial charge in [-0.1, -0.05) is 36.4 Å². The zero-order valence-electron chi connectivity index (χ0n) is 9.95. The minimum absolute atomic E-state index is 0.170. The first kappa shape index (κ1) is 12.7. The maximum atomic E-state index is 10.4. The molecule has 0 spiro atoms. The van der Waals surface area contributed by atoms with Gasteiger partial charge < -0.3 is 15.3 Å². The topological polar surface area (TPSA) is 77.8 Å². The van der Waals surface area contributed by atoms with Gasteiger partial charge in [0, 0.05) is 11.6 Å². The van der Waals surface area contributed by atoms with Gasteiger partial charge >= 0.3 is 5.97 Å². The second kappa shape index (κ2) is 5.27. The normalized spacial score (nSPS) is 10.7. The van der Waals surface area contributed by atoms with Gasteiger partial charge in [0.2, 0.25) is 0 Å². The molecule has 0 atom stereocenters. The molecule has 4 heteroatoms. The molecule has 0 aromatic heterocycles. The smallest absolute Gasteiger partial charge is 0.328 e. The number of phenolic OH excluding ortho intramolecular Hbond substituents is 2. The van der Waals surface area contributed by atoms with Crippen molar-refractivity contribution in [3.63, 3.8) is 0 Å². The fourth-order valence-electron chi connectivity index (χ4n) is 1.71. The molecule has 0 bridgehead atoms. The van der Waals surface area contributed by atoms with Crippen molar-refractivity contribution in [1.82, 2.24) is 0 Å². The maximum Gasteiger partial charge on any atom is 0.328 e. The monoisotopic (exact) mass is 256 g/mol.